The highest BCUT2D eigenvalue weighted by Gasteiger charge is 2.64. The highest BCUT2D eigenvalue weighted by atomic mass is 35.5. The summed E-state index contributed by atoms with van der Waals surface area (Å²) < 4.78 is 0. The summed E-state index contributed by atoms with van der Waals surface area (Å²) in [5.74, 6) is -0.775. The lowest BCUT2D eigenvalue weighted by Crippen LogP contribution is -2.51. The van der Waals surface area contributed by atoms with Gasteiger partial charge in [-0.1, -0.05) is 48.0 Å². The first-order chi connectivity index (χ1) is 14.0. The van der Waals surface area contributed by atoms with Gasteiger partial charge in [-0.05, 0) is 42.3 Å². The number of nitrogens with one attached hydrogen (secondary N) is 1. The van der Waals surface area contributed by atoms with Crippen LogP contribution < -0.4 is 5.32 Å². The van der Waals surface area contributed by atoms with Gasteiger partial charge >= 0.3 is 0 Å². The number of likely N-dealkylation sites (N-methyl/N-ethyl adjacent to an activating group) is 1. The molecule has 29 heavy (non-hydrogen) atoms. The number of ketones is 1. The molecule has 1 aromatic heterocycles. The van der Waals surface area contributed by atoms with Crippen molar-refractivity contribution in [2.45, 2.75) is 11.5 Å². The Bertz CT molecular complexity index is 1100. The highest BCUT2D eigenvalue weighted by molar-refractivity contribution is 7.12. The molecule has 0 aliphatic carbocycles. The van der Waals surface area contributed by atoms with Crippen LogP contribution in [-0.4, -0.2) is 30.2 Å². The Balaban J connectivity index is 1.73. The molecular weight excluding hydrogens is 404 g/mol. The lowest BCUT2D eigenvalue weighted by Gasteiger charge is -2.35. The molecule has 1 amide bonds. The van der Waals surface area contributed by atoms with Gasteiger partial charge in [-0.3, -0.25) is 14.5 Å². The second kappa shape index (κ2) is 6.80. The first-order valence-corrected chi connectivity index (χ1v) is 10.7. The van der Waals surface area contributed by atoms with Crippen LogP contribution in [-0.2, 0) is 10.3 Å². The molecule has 2 aliphatic heterocycles. The average molecular weight is 423 g/mol. The molecule has 0 unspecified atom stereocenters. The van der Waals surface area contributed by atoms with E-state index in [2.05, 4.69) is 5.32 Å². The SMILES string of the molecule is CN1C[C@H](c2ccc(Cl)cc2)[C@@H](C(=O)c2cccs2)[C@@]12C(=O)Nc1ccccc12. The maximum absolute atomic E-state index is 13.8. The third kappa shape index (κ3) is 2.61. The Morgan fingerprint density at radius 3 is 2.62 bits per heavy atom. The van der Waals surface area contributed by atoms with Crippen molar-refractivity contribution in [3.8, 4) is 0 Å². The van der Waals surface area contributed by atoms with Crippen LogP contribution in [0.15, 0.2) is 66.0 Å². The Labute approximate surface area is 178 Å². The van der Waals surface area contributed by atoms with Crippen LogP contribution in [0.1, 0.15) is 26.7 Å². The Morgan fingerprint density at radius 1 is 1.14 bits per heavy atom. The summed E-state index contributed by atoms with van der Waals surface area (Å²) in [7, 11) is 1.94. The summed E-state index contributed by atoms with van der Waals surface area (Å²) in [5, 5.41) is 5.58. The molecule has 6 heteroatoms. The molecule has 5 rings (SSSR count). The van der Waals surface area contributed by atoms with Gasteiger partial charge in [0, 0.05) is 28.7 Å². The zero-order valence-electron chi connectivity index (χ0n) is 15.8. The van der Waals surface area contributed by atoms with Gasteiger partial charge in [0.15, 0.2) is 5.78 Å². The number of thiophene rings is 1. The molecule has 146 valence electrons. The molecule has 3 atom stereocenters. The van der Waals surface area contributed by atoms with Crippen LogP contribution in [0.4, 0.5) is 5.69 Å². The molecule has 2 aromatic carbocycles. The van der Waals surface area contributed by atoms with Gasteiger partial charge in [-0.25, -0.2) is 0 Å². The lowest BCUT2D eigenvalue weighted by molar-refractivity contribution is -0.126. The van der Waals surface area contributed by atoms with Crippen LogP contribution in [0.25, 0.3) is 0 Å². The van der Waals surface area contributed by atoms with E-state index in [1.807, 2.05) is 78.0 Å². The molecule has 3 aromatic rings. The van der Waals surface area contributed by atoms with Gasteiger partial charge < -0.3 is 5.32 Å². The molecule has 1 spiro atoms. The van der Waals surface area contributed by atoms with Crippen molar-refractivity contribution in [1.29, 1.82) is 0 Å². The minimum Gasteiger partial charge on any atom is -0.324 e. The van der Waals surface area contributed by atoms with Gasteiger partial charge in [0.2, 0.25) is 5.91 Å². The van der Waals surface area contributed by atoms with Gasteiger partial charge in [0.25, 0.3) is 0 Å². The molecule has 4 nitrogen and oxygen atoms in total. The standard InChI is InChI=1S/C23H19ClN2O2S/c1-26-13-16(14-8-10-15(24)11-9-14)20(21(27)19-7-4-12-29-19)23(26)17-5-2-3-6-18(17)25-22(23)28/h2-12,16,20H,13H2,1H3,(H,25,28)/t16-,20+,23+/m1/s1. The maximum atomic E-state index is 13.8. The van der Waals surface area contributed by atoms with Crippen molar-refractivity contribution < 1.29 is 9.59 Å². The number of para-hydroxylation sites is 1. The smallest absolute Gasteiger partial charge is 0.250 e. The van der Waals surface area contributed by atoms with E-state index in [9.17, 15) is 9.59 Å². The second-order valence-corrected chi connectivity index (χ2v) is 9.01. The van der Waals surface area contributed by atoms with Crippen molar-refractivity contribution in [3.63, 3.8) is 0 Å². The number of carbonyl (C=O) groups is 2. The van der Waals surface area contributed by atoms with Crippen molar-refractivity contribution in [1.82, 2.24) is 4.90 Å². The minimum absolute atomic E-state index is 0.0103. The molecule has 2 aliphatic rings. The third-order valence-electron chi connectivity index (χ3n) is 6.20. The number of rotatable bonds is 3. The predicted molar refractivity (Wildman–Crippen MR) is 116 cm³/mol. The van der Waals surface area contributed by atoms with E-state index < -0.39 is 11.5 Å². The number of benzene rings is 2. The summed E-state index contributed by atoms with van der Waals surface area (Å²) in [6.45, 7) is 0.602. The van der Waals surface area contributed by atoms with E-state index in [1.165, 1.54) is 11.3 Å². The minimum atomic E-state index is -1.03. The first kappa shape index (κ1) is 18.6. The zero-order chi connectivity index (χ0) is 20.2. The number of Topliss-reactive ketones (excluding diaryl/α,β-unsaturated/α-hetero) is 1. The van der Waals surface area contributed by atoms with Gasteiger partial charge in [-0.2, -0.15) is 0 Å². The normalized spacial score (nSPS) is 25.9. The van der Waals surface area contributed by atoms with Crippen LogP contribution >= 0.6 is 22.9 Å². The Morgan fingerprint density at radius 2 is 1.90 bits per heavy atom. The highest BCUT2D eigenvalue weighted by Crippen LogP contribution is 2.55. The van der Waals surface area contributed by atoms with Crippen molar-refractivity contribution in [3.05, 3.63) is 87.1 Å². The van der Waals surface area contributed by atoms with E-state index in [0.717, 1.165) is 16.8 Å². The summed E-state index contributed by atoms with van der Waals surface area (Å²) in [6, 6.07) is 19.0. The molecule has 1 fully saturated rings. The average Bonchev–Trinajstić information content (AvgIpc) is 3.42. The van der Waals surface area contributed by atoms with Crippen LogP contribution in [0.5, 0.6) is 0 Å². The van der Waals surface area contributed by atoms with Gasteiger partial charge in [-0.15, -0.1) is 11.3 Å². The van der Waals surface area contributed by atoms with E-state index in [1.54, 1.807) is 0 Å². The topological polar surface area (TPSA) is 49.4 Å². The Hall–Kier alpha value is -2.47. The molecule has 1 N–H and O–H groups in total. The zero-order valence-corrected chi connectivity index (χ0v) is 17.3. The molecular formula is C23H19ClN2O2S. The summed E-state index contributed by atoms with van der Waals surface area (Å²) in [4.78, 5) is 30.0. The van der Waals surface area contributed by atoms with E-state index in [0.29, 0.717) is 16.4 Å². The van der Waals surface area contributed by atoms with Crippen molar-refractivity contribution >= 4 is 40.3 Å². The fraction of sp³-hybridized carbons (Fsp3) is 0.217. The van der Waals surface area contributed by atoms with Crippen LogP contribution in [0.2, 0.25) is 5.02 Å². The monoisotopic (exact) mass is 422 g/mol. The first-order valence-electron chi connectivity index (χ1n) is 9.49. The number of amides is 1. The number of nitrogens with zero attached hydrogens (tertiary/aromatic N) is 1. The summed E-state index contributed by atoms with van der Waals surface area (Å²) in [5.41, 5.74) is 1.65. The third-order valence-corrected chi connectivity index (χ3v) is 7.34. The Kier molecular flexibility index (Phi) is 4.35. The van der Waals surface area contributed by atoms with Crippen molar-refractivity contribution in [2.75, 3.05) is 18.9 Å². The molecule has 0 saturated carbocycles. The lowest BCUT2D eigenvalue weighted by atomic mass is 9.71. The van der Waals surface area contributed by atoms with Crippen molar-refractivity contribution in [2.24, 2.45) is 5.92 Å². The number of halogens is 1. The molecule has 1 saturated heterocycles. The number of likely N-dealkylation sites (tertiary alicyclic amines) is 1. The molecule has 0 radical (unpaired) electrons. The van der Waals surface area contributed by atoms with E-state index >= 15 is 0 Å². The van der Waals surface area contributed by atoms with Gasteiger partial charge in [0.1, 0.15) is 5.54 Å². The predicted octanol–water partition coefficient (Wildman–Crippen LogP) is 4.78. The second-order valence-electron chi connectivity index (χ2n) is 7.62. The fourth-order valence-electron chi connectivity index (χ4n) is 4.98. The molecule has 0 bridgehead atoms. The number of fused-ring (bicyclic) bond motifs is 2. The largest absolute Gasteiger partial charge is 0.324 e. The number of anilines is 1. The maximum Gasteiger partial charge on any atom is 0.250 e. The summed E-state index contributed by atoms with van der Waals surface area (Å²) >= 11 is 7.52. The summed E-state index contributed by atoms with van der Waals surface area (Å²) in [6.07, 6.45) is 0. The van der Waals surface area contributed by atoms with Crippen LogP contribution in [0, 0.1) is 5.92 Å². The number of carbonyl (C=O) groups excluding carboxylic acids is 2. The van der Waals surface area contributed by atoms with E-state index in [4.69, 9.17) is 11.6 Å². The number of hydrogen-bond acceptors (Lipinski definition) is 4. The molecule has 3 heterocycles. The fourth-order valence-corrected chi connectivity index (χ4v) is 5.81. The number of hydrogen-bond donors (Lipinski definition) is 1. The van der Waals surface area contributed by atoms with Gasteiger partial charge in [0.05, 0.1) is 10.8 Å². The van der Waals surface area contributed by atoms with E-state index in [-0.39, 0.29) is 17.6 Å². The quantitative estimate of drug-likeness (QED) is 0.618. The van der Waals surface area contributed by atoms with Crippen LogP contribution in [0.3, 0.4) is 0 Å².